The molecule has 8 nitrogen and oxygen atoms in total. The number of ether oxygens (including phenoxy) is 2. The summed E-state index contributed by atoms with van der Waals surface area (Å²) in [6.45, 7) is 2.08. The van der Waals surface area contributed by atoms with Gasteiger partial charge in [-0.05, 0) is 25.0 Å². The highest BCUT2D eigenvalue weighted by molar-refractivity contribution is 6.04. The van der Waals surface area contributed by atoms with E-state index in [-0.39, 0.29) is 24.1 Å². The fourth-order valence-electron chi connectivity index (χ4n) is 3.43. The minimum atomic E-state index is -0.458. The summed E-state index contributed by atoms with van der Waals surface area (Å²) >= 11 is 0. The Labute approximate surface area is 175 Å². The number of nitrogens with one attached hydrogen (secondary N) is 2. The monoisotopic (exact) mass is 410 g/mol. The Hall–Kier alpha value is -3.15. The fourth-order valence-corrected chi connectivity index (χ4v) is 3.43. The van der Waals surface area contributed by atoms with E-state index in [1.54, 1.807) is 19.4 Å². The quantitative estimate of drug-likeness (QED) is 0.371. The lowest BCUT2D eigenvalue weighted by Gasteiger charge is -2.11. The molecule has 0 radical (unpaired) electrons. The first-order chi connectivity index (χ1) is 14.6. The molecule has 1 aromatic carbocycles. The van der Waals surface area contributed by atoms with Gasteiger partial charge in [0.15, 0.2) is 0 Å². The van der Waals surface area contributed by atoms with E-state index in [1.165, 1.54) is 0 Å². The number of amides is 2. The second-order valence-electron chi connectivity index (χ2n) is 7.09. The van der Waals surface area contributed by atoms with Crippen LogP contribution in [-0.2, 0) is 25.6 Å². The van der Waals surface area contributed by atoms with Gasteiger partial charge in [-0.2, -0.15) is 5.26 Å². The second kappa shape index (κ2) is 10.6. The fraction of sp³-hybridized carbons (Fsp3) is 0.409. The van der Waals surface area contributed by atoms with Gasteiger partial charge in [-0.1, -0.05) is 18.2 Å². The van der Waals surface area contributed by atoms with Crippen LogP contribution in [0.1, 0.15) is 18.4 Å². The molecule has 1 atom stereocenters. The molecule has 1 aliphatic heterocycles. The molecule has 0 bridgehead atoms. The van der Waals surface area contributed by atoms with Gasteiger partial charge in [-0.25, -0.2) is 0 Å². The van der Waals surface area contributed by atoms with Crippen LogP contribution in [0.3, 0.4) is 0 Å². The standard InChI is InChI=1S/C22H26N4O4/c1-29-10-8-24-22(28)16(12-23)11-17-14-26(20-7-3-2-6-19(17)20)15-21(27)25-13-18-5-4-9-30-18/h2-3,6-7,11,14,18H,4-5,8-10,13,15H2,1H3,(H,24,28)(H,25,27). The highest BCUT2D eigenvalue weighted by Crippen LogP contribution is 2.23. The molecule has 0 saturated carbocycles. The Kier molecular flexibility index (Phi) is 7.60. The zero-order valence-electron chi connectivity index (χ0n) is 17.0. The van der Waals surface area contributed by atoms with E-state index in [9.17, 15) is 14.9 Å². The van der Waals surface area contributed by atoms with Gasteiger partial charge < -0.3 is 24.7 Å². The van der Waals surface area contributed by atoms with Gasteiger partial charge >= 0.3 is 0 Å². The highest BCUT2D eigenvalue weighted by atomic mass is 16.5. The average molecular weight is 410 g/mol. The zero-order chi connectivity index (χ0) is 21.3. The number of hydrogen-bond donors (Lipinski definition) is 2. The number of para-hydroxylation sites is 1. The molecule has 2 N–H and O–H groups in total. The molecule has 30 heavy (non-hydrogen) atoms. The molecule has 1 aliphatic rings. The number of methoxy groups -OCH3 is 1. The van der Waals surface area contributed by atoms with Crippen molar-refractivity contribution in [2.45, 2.75) is 25.5 Å². The van der Waals surface area contributed by atoms with Crippen molar-refractivity contribution in [1.29, 1.82) is 5.26 Å². The van der Waals surface area contributed by atoms with Crippen molar-refractivity contribution in [2.24, 2.45) is 0 Å². The molecule has 3 rings (SSSR count). The molecular formula is C22H26N4O4. The van der Waals surface area contributed by atoms with Crippen molar-refractivity contribution in [3.8, 4) is 6.07 Å². The Morgan fingerprint density at radius 1 is 1.37 bits per heavy atom. The second-order valence-corrected chi connectivity index (χ2v) is 7.09. The predicted molar refractivity (Wildman–Crippen MR) is 112 cm³/mol. The lowest BCUT2D eigenvalue weighted by atomic mass is 10.1. The molecule has 8 heteroatoms. The summed E-state index contributed by atoms with van der Waals surface area (Å²) in [4.78, 5) is 24.7. The van der Waals surface area contributed by atoms with Crippen LogP contribution in [0.25, 0.3) is 17.0 Å². The van der Waals surface area contributed by atoms with E-state index < -0.39 is 5.91 Å². The lowest BCUT2D eigenvalue weighted by molar-refractivity contribution is -0.122. The van der Waals surface area contributed by atoms with E-state index in [0.717, 1.165) is 30.4 Å². The zero-order valence-corrected chi connectivity index (χ0v) is 17.0. The third-order valence-electron chi connectivity index (χ3n) is 4.94. The van der Waals surface area contributed by atoms with E-state index in [4.69, 9.17) is 9.47 Å². The van der Waals surface area contributed by atoms with Crippen LogP contribution >= 0.6 is 0 Å². The number of nitriles is 1. The van der Waals surface area contributed by atoms with E-state index >= 15 is 0 Å². The Morgan fingerprint density at radius 2 is 2.20 bits per heavy atom. The molecule has 2 amide bonds. The minimum absolute atomic E-state index is 0.00293. The molecule has 1 unspecified atom stereocenters. The summed E-state index contributed by atoms with van der Waals surface area (Å²) in [5, 5.41) is 15.8. The third-order valence-corrected chi connectivity index (χ3v) is 4.94. The lowest BCUT2D eigenvalue weighted by Crippen LogP contribution is -2.34. The van der Waals surface area contributed by atoms with Crippen molar-refractivity contribution >= 4 is 28.8 Å². The van der Waals surface area contributed by atoms with Crippen LogP contribution in [0.4, 0.5) is 0 Å². The topological polar surface area (TPSA) is 105 Å². The van der Waals surface area contributed by atoms with Gasteiger partial charge in [0.25, 0.3) is 5.91 Å². The Morgan fingerprint density at radius 3 is 2.93 bits per heavy atom. The maximum Gasteiger partial charge on any atom is 0.262 e. The number of fused-ring (bicyclic) bond motifs is 1. The smallest absolute Gasteiger partial charge is 0.262 e. The van der Waals surface area contributed by atoms with Gasteiger partial charge in [-0.3, -0.25) is 9.59 Å². The number of carbonyl (C=O) groups excluding carboxylic acids is 2. The van der Waals surface area contributed by atoms with Crippen molar-refractivity contribution in [2.75, 3.05) is 33.4 Å². The van der Waals surface area contributed by atoms with Gasteiger partial charge in [-0.15, -0.1) is 0 Å². The highest BCUT2D eigenvalue weighted by Gasteiger charge is 2.17. The van der Waals surface area contributed by atoms with Crippen molar-refractivity contribution in [3.63, 3.8) is 0 Å². The summed E-state index contributed by atoms with van der Waals surface area (Å²) in [6, 6.07) is 9.53. The molecule has 0 aliphatic carbocycles. The summed E-state index contributed by atoms with van der Waals surface area (Å²) in [5.41, 5.74) is 1.56. The third kappa shape index (κ3) is 5.47. The molecule has 2 heterocycles. The number of aromatic nitrogens is 1. The number of nitrogens with zero attached hydrogens (tertiary/aromatic N) is 2. The predicted octanol–water partition coefficient (Wildman–Crippen LogP) is 1.61. The van der Waals surface area contributed by atoms with Gasteiger partial charge in [0.1, 0.15) is 18.2 Å². The van der Waals surface area contributed by atoms with Gasteiger partial charge in [0, 0.05) is 49.5 Å². The largest absolute Gasteiger partial charge is 0.383 e. The van der Waals surface area contributed by atoms with Crippen molar-refractivity contribution < 1.29 is 19.1 Å². The Bertz CT molecular complexity index is 967. The van der Waals surface area contributed by atoms with Crippen LogP contribution in [0.5, 0.6) is 0 Å². The van der Waals surface area contributed by atoms with Crippen LogP contribution in [0.15, 0.2) is 36.0 Å². The Balaban J connectivity index is 1.76. The first kappa shape index (κ1) is 21.6. The molecule has 1 aromatic heterocycles. The van der Waals surface area contributed by atoms with Crippen molar-refractivity contribution in [1.82, 2.24) is 15.2 Å². The summed E-state index contributed by atoms with van der Waals surface area (Å²) < 4.78 is 12.3. The molecule has 158 valence electrons. The SMILES string of the molecule is COCCNC(=O)C(C#N)=Cc1cn(CC(=O)NCC2CCCO2)c2ccccc12. The van der Waals surface area contributed by atoms with E-state index in [1.807, 2.05) is 34.9 Å². The summed E-state index contributed by atoms with van der Waals surface area (Å²) in [6.07, 6.45) is 5.41. The first-order valence-corrected chi connectivity index (χ1v) is 9.97. The summed E-state index contributed by atoms with van der Waals surface area (Å²) in [7, 11) is 1.54. The van der Waals surface area contributed by atoms with Gasteiger partial charge in [0.2, 0.25) is 5.91 Å². The first-order valence-electron chi connectivity index (χ1n) is 9.97. The van der Waals surface area contributed by atoms with Crippen LogP contribution in [-0.4, -0.2) is 55.9 Å². The molecular weight excluding hydrogens is 384 g/mol. The normalized spacial score (nSPS) is 16.4. The minimum Gasteiger partial charge on any atom is -0.383 e. The van der Waals surface area contributed by atoms with Crippen LogP contribution in [0, 0.1) is 11.3 Å². The van der Waals surface area contributed by atoms with Crippen LogP contribution < -0.4 is 10.6 Å². The average Bonchev–Trinajstić information content (AvgIpc) is 3.39. The number of carbonyl (C=O) groups is 2. The summed E-state index contributed by atoms with van der Waals surface area (Å²) in [5.74, 6) is -0.569. The number of rotatable bonds is 9. The maximum absolute atomic E-state index is 12.4. The maximum atomic E-state index is 12.4. The number of hydrogen-bond acceptors (Lipinski definition) is 5. The van der Waals surface area contributed by atoms with E-state index in [2.05, 4.69) is 10.6 Å². The molecule has 0 spiro atoms. The van der Waals surface area contributed by atoms with E-state index in [0.29, 0.717) is 25.3 Å². The molecule has 2 aromatic rings. The van der Waals surface area contributed by atoms with Gasteiger partial charge in [0.05, 0.1) is 12.7 Å². The molecule has 1 saturated heterocycles. The van der Waals surface area contributed by atoms with Crippen molar-refractivity contribution in [3.05, 3.63) is 41.6 Å². The number of benzene rings is 1. The molecule has 1 fully saturated rings. The van der Waals surface area contributed by atoms with Crippen LogP contribution in [0.2, 0.25) is 0 Å².